The largest absolute Gasteiger partial charge is 0.351 e. The maximum atomic E-state index is 11.9. The van der Waals surface area contributed by atoms with Crippen molar-refractivity contribution in [2.45, 2.75) is 13.3 Å². The zero-order chi connectivity index (χ0) is 15.7. The molecule has 22 heavy (non-hydrogen) atoms. The highest BCUT2D eigenvalue weighted by atomic mass is 16.2. The first-order chi connectivity index (χ1) is 10.6. The summed E-state index contributed by atoms with van der Waals surface area (Å²) in [6, 6.07) is 8.99. The predicted molar refractivity (Wildman–Crippen MR) is 88.3 cm³/mol. The minimum absolute atomic E-state index is 0.527. The van der Waals surface area contributed by atoms with Gasteiger partial charge in [0.15, 0.2) is 0 Å². The normalized spacial score (nSPS) is 10.8. The van der Waals surface area contributed by atoms with Gasteiger partial charge < -0.3 is 10.3 Å². The summed E-state index contributed by atoms with van der Waals surface area (Å²) >= 11 is 0. The third kappa shape index (κ3) is 2.30. The van der Waals surface area contributed by atoms with Crippen molar-refractivity contribution in [1.29, 1.82) is 0 Å². The summed E-state index contributed by atoms with van der Waals surface area (Å²) in [5.41, 5.74) is 9.36. The van der Waals surface area contributed by atoms with Gasteiger partial charge in [-0.2, -0.15) is 0 Å². The van der Waals surface area contributed by atoms with Gasteiger partial charge in [-0.05, 0) is 42.3 Å². The van der Waals surface area contributed by atoms with Crippen molar-refractivity contribution in [2.24, 2.45) is 12.8 Å². The van der Waals surface area contributed by atoms with Gasteiger partial charge in [-0.3, -0.25) is 9.88 Å². The number of carbonyl (C=O) groups is 1. The Morgan fingerprint density at radius 2 is 2.14 bits per heavy atom. The molecule has 5 heteroatoms. The number of aromatic nitrogens is 2. The number of nitrogens with two attached hydrogens (primary N) is 1. The summed E-state index contributed by atoms with van der Waals surface area (Å²) in [5, 5.41) is 1.14. The fraction of sp³-hybridized carbons (Fsp3) is 0.176. The molecule has 0 aliphatic heterocycles. The zero-order valence-electron chi connectivity index (χ0n) is 12.7. The molecule has 0 unspecified atom stereocenters. The van der Waals surface area contributed by atoms with E-state index >= 15 is 0 Å². The first kappa shape index (κ1) is 14.1. The monoisotopic (exact) mass is 294 g/mol. The van der Waals surface area contributed by atoms with Gasteiger partial charge in [-0.15, -0.1) is 0 Å². The SMILES string of the molecule is CCc1cn(C)c2ccc(N(C(N)=O)c3cccnc3)cc12. The van der Waals surface area contributed by atoms with E-state index in [9.17, 15) is 4.79 Å². The van der Waals surface area contributed by atoms with Crippen LogP contribution in [-0.2, 0) is 13.5 Å². The van der Waals surface area contributed by atoms with Crippen LogP contribution in [0.3, 0.4) is 0 Å². The second-order valence-corrected chi connectivity index (χ2v) is 5.21. The van der Waals surface area contributed by atoms with Gasteiger partial charge in [0.05, 0.1) is 17.6 Å². The van der Waals surface area contributed by atoms with Crippen LogP contribution in [0.1, 0.15) is 12.5 Å². The average molecular weight is 294 g/mol. The van der Waals surface area contributed by atoms with Crippen LogP contribution in [0.25, 0.3) is 10.9 Å². The average Bonchev–Trinajstić information content (AvgIpc) is 2.84. The van der Waals surface area contributed by atoms with E-state index in [0.717, 1.165) is 23.0 Å². The summed E-state index contributed by atoms with van der Waals surface area (Å²) in [7, 11) is 2.02. The Morgan fingerprint density at radius 1 is 1.32 bits per heavy atom. The first-order valence-electron chi connectivity index (χ1n) is 7.19. The van der Waals surface area contributed by atoms with E-state index in [4.69, 9.17) is 5.73 Å². The standard InChI is InChI=1S/C17H18N4O/c1-3-12-11-20(2)16-7-6-13(9-15(12)16)21(17(18)22)14-5-4-8-19-10-14/h4-11H,3H2,1-2H3,(H2,18,22). The Morgan fingerprint density at radius 3 is 2.77 bits per heavy atom. The summed E-state index contributed by atoms with van der Waals surface area (Å²) in [4.78, 5) is 17.4. The number of pyridine rings is 1. The topological polar surface area (TPSA) is 64.2 Å². The molecular weight excluding hydrogens is 276 g/mol. The van der Waals surface area contributed by atoms with Crippen molar-refractivity contribution in [2.75, 3.05) is 4.90 Å². The van der Waals surface area contributed by atoms with Gasteiger partial charge in [0.2, 0.25) is 0 Å². The van der Waals surface area contributed by atoms with E-state index in [1.54, 1.807) is 18.5 Å². The molecule has 3 aromatic rings. The minimum Gasteiger partial charge on any atom is -0.351 e. The van der Waals surface area contributed by atoms with Crippen LogP contribution in [0.2, 0.25) is 0 Å². The number of urea groups is 1. The number of benzene rings is 1. The number of anilines is 2. The quantitative estimate of drug-likeness (QED) is 0.805. The molecule has 112 valence electrons. The molecule has 0 saturated heterocycles. The van der Waals surface area contributed by atoms with E-state index in [1.165, 1.54) is 10.5 Å². The Kier molecular flexibility index (Phi) is 3.55. The summed E-state index contributed by atoms with van der Waals surface area (Å²) < 4.78 is 2.09. The van der Waals surface area contributed by atoms with E-state index in [1.807, 2.05) is 31.3 Å². The van der Waals surface area contributed by atoms with Crippen molar-refractivity contribution in [1.82, 2.24) is 9.55 Å². The molecule has 3 rings (SSSR count). The first-order valence-corrected chi connectivity index (χ1v) is 7.19. The fourth-order valence-electron chi connectivity index (χ4n) is 2.77. The number of amides is 2. The van der Waals surface area contributed by atoms with Gasteiger partial charge in [-0.1, -0.05) is 6.92 Å². The molecule has 0 bridgehead atoms. The number of rotatable bonds is 3. The molecule has 1 aromatic carbocycles. The van der Waals surface area contributed by atoms with Crippen molar-refractivity contribution in [3.63, 3.8) is 0 Å². The summed E-state index contributed by atoms with van der Waals surface area (Å²) in [5.74, 6) is 0. The van der Waals surface area contributed by atoms with Crippen LogP contribution in [0, 0.1) is 0 Å². The van der Waals surface area contributed by atoms with Crippen LogP contribution < -0.4 is 10.6 Å². The molecule has 5 nitrogen and oxygen atoms in total. The third-order valence-electron chi connectivity index (χ3n) is 3.82. The molecular formula is C17H18N4O. The van der Waals surface area contributed by atoms with Crippen molar-refractivity contribution >= 4 is 28.3 Å². The fourth-order valence-corrected chi connectivity index (χ4v) is 2.77. The highest BCUT2D eigenvalue weighted by Gasteiger charge is 2.16. The molecule has 2 amide bonds. The Balaban J connectivity index is 2.17. The molecule has 2 heterocycles. The van der Waals surface area contributed by atoms with Crippen LogP contribution in [0.5, 0.6) is 0 Å². The molecule has 0 fully saturated rings. The van der Waals surface area contributed by atoms with E-state index in [-0.39, 0.29) is 0 Å². The lowest BCUT2D eigenvalue weighted by Gasteiger charge is -2.20. The number of nitrogens with zero attached hydrogens (tertiary/aromatic N) is 3. The van der Waals surface area contributed by atoms with Gasteiger partial charge in [0.1, 0.15) is 0 Å². The molecule has 0 aliphatic rings. The van der Waals surface area contributed by atoms with E-state index in [2.05, 4.69) is 22.7 Å². The molecule has 2 N–H and O–H groups in total. The lowest BCUT2D eigenvalue weighted by Crippen LogP contribution is -2.31. The maximum absolute atomic E-state index is 11.9. The van der Waals surface area contributed by atoms with Crippen LogP contribution in [0.4, 0.5) is 16.2 Å². The van der Waals surface area contributed by atoms with Crippen molar-refractivity contribution < 1.29 is 4.79 Å². The lowest BCUT2D eigenvalue weighted by molar-refractivity contribution is 0.256. The Labute approximate surface area is 129 Å². The number of fused-ring (bicyclic) bond motifs is 1. The number of aryl methyl sites for hydroxylation is 2. The van der Waals surface area contributed by atoms with Crippen LogP contribution >= 0.6 is 0 Å². The van der Waals surface area contributed by atoms with Gasteiger partial charge in [0, 0.05) is 30.3 Å². The predicted octanol–water partition coefficient (Wildman–Crippen LogP) is 3.35. The third-order valence-corrected chi connectivity index (χ3v) is 3.82. The number of carbonyl (C=O) groups excluding carboxylic acids is 1. The Hall–Kier alpha value is -2.82. The molecule has 0 spiro atoms. The molecule has 2 aromatic heterocycles. The molecule has 0 atom stereocenters. The smallest absolute Gasteiger partial charge is 0.323 e. The van der Waals surface area contributed by atoms with Gasteiger partial charge in [0.25, 0.3) is 0 Å². The van der Waals surface area contributed by atoms with Crippen molar-refractivity contribution in [3.05, 3.63) is 54.5 Å². The second kappa shape index (κ2) is 5.52. The van der Waals surface area contributed by atoms with Crippen LogP contribution in [-0.4, -0.2) is 15.6 Å². The highest BCUT2D eigenvalue weighted by molar-refractivity contribution is 6.00. The second-order valence-electron chi connectivity index (χ2n) is 5.21. The molecule has 0 saturated carbocycles. The summed E-state index contributed by atoms with van der Waals surface area (Å²) in [6.45, 7) is 2.12. The van der Waals surface area contributed by atoms with Crippen molar-refractivity contribution in [3.8, 4) is 0 Å². The highest BCUT2D eigenvalue weighted by Crippen LogP contribution is 2.30. The number of hydrogen-bond acceptors (Lipinski definition) is 2. The molecule has 0 aliphatic carbocycles. The summed E-state index contributed by atoms with van der Waals surface area (Å²) in [6.07, 6.45) is 6.34. The van der Waals surface area contributed by atoms with Crippen LogP contribution in [0.15, 0.2) is 48.9 Å². The van der Waals surface area contributed by atoms with E-state index in [0.29, 0.717) is 5.69 Å². The van der Waals surface area contributed by atoms with Gasteiger partial charge in [-0.25, -0.2) is 4.79 Å². The maximum Gasteiger partial charge on any atom is 0.323 e. The lowest BCUT2D eigenvalue weighted by atomic mass is 10.1. The number of hydrogen-bond donors (Lipinski definition) is 1. The molecule has 0 radical (unpaired) electrons. The van der Waals surface area contributed by atoms with E-state index < -0.39 is 6.03 Å². The van der Waals surface area contributed by atoms with Gasteiger partial charge >= 0.3 is 6.03 Å². The number of primary amides is 1. The Bertz CT molecular complexity index is 823. The minimum atomic E-state index is -0.527. The zero-order valence-corrected chi connectivity index (χ0v) is 12.7.